The van der Waals surface area contributed by atoms with E-state index in [-0.39, 0.29) is 35.9 Å². The summed E-state index contributed by atoms with van der Waals surface area (Å²) < 4.78 is 5.00. The lowest BCUT2D eigenvalue weighted by molar-refractivity contribution is -0.139. The number of nitrogens with zero attached hydrogens (tertiary/aromatic N) is 2. The van der Waals surface area contributed by atoms with Gasteiger partial charge in [-0.05, 0) is 45.4 Å². The Labute approximate surface area is 142 Å². The molecule has 3 fully saturated rings. The van der Waals surface area contributed by atoms with E-state index in [1.807, 2.05) is 0 Å². The summed E-state index contributed by atoms with van der Waals surface area (Å²) >= 11 is 0. The highest BCUT2D eigenvalue weighted by atomic mass is 16.6. The van der Waals surface area contributed by atoms with Gasteiger partial charge in [-0.1, -0.05) is 0 Å². The third kappa shape index (κ3) is 3.82. The quantitative estimate of drug-likeness (QED) is 0.834. The molecule has 0 aromatic heterocycles. The molecular formula is C17H27N3O4. The van der Waals surface area contributed by atoms with E-state index < -0.39 is 0 Å². The summed E-state index contributed by atoms with van der Waals surface area (Å²) in [6, 6.07) is -0.233. The number of nitrogens with one attached hydrogen (secondary N) is 1. The van der Waals surface area contributed by atoms with E-state index in [2.05, 4.69) is 5.32 Å². The molecule has 1 aliphatic carbocycles. The Bertz CT molecular complexity index is 498. The van der Waals surface area contributed by atoms with Gasteiger partial charge < -0.3 is 19.9 Å². The van der Waals surface area contributed by atoms with Gasteiger partial charge in [-0.2, -0.15) is 0 Å². The van der Waals surface area contributed by atoms with Gasteiger partial charge in [-0.15, -0.1) is 0 Å². The lowest BCUT2D eigenvalue weighted by Crippen LogP contribution is -2.52. The van der Waals surface area contributed by atoms with E-state index in [1.54, 1.807) is 16.7 Å². The highest BCUT2D eigenvalue weighted by Gasteiger charge is 2.41. The maximum Gasteiger partial charge on any atom is 0.409 e. The van der Waals surface area contributed by atoms with Crippen molar-refractivity contribution in [1.29, 1.82) is 0 Å². The predicted octanol–water partition coefficient (Wildman–Crippen LogP) is 1.12. The number of rotatable bonds is 4. The van der Waals surface area contributed by atoms with Crippen molar-refractivity contribution in [2.75, 3.05) is 26.2 Å². The van der Waals surface area contributed by atoms with Gasteiger partial charge in [0, 0.05) is 31.6 Å². The average molecular weight is 337 g/mol. The average Bonchev–Trinajstić information content (AvgIpc) is 3.31. The number of hydrogen-bond donors (Lipinski definition) is 1. The van der Waals surface area contributed by atoms with Crippen molar-refractivity contribution in [1.82, 2.24) is 15.1 Å². The van der Waals surface area contributed by atoms with E-state index in [0.29, 0.717) is 26.2 Å². The molecule has 1 saturated carbocycles. The van der Waals surface area contributed by atoms with Crippen LogP contribution in [0.15, 0.2) is 0 Å². The van der Waals surface area contributed by atoms with Gasteiger partial charge in [0.25, 0.3) is 0 Å². The van der Waals surface area contributed by atoms with Gasteiger partial charge in [0.1, 0.15) is 6.04 Å². The van der Waals surface area contributed by atoms with E-state index in [4.69, 9.17) is 4.74 Å². The van der Waals surface area contributed by atoms with Gasteiger partial charge in [0.2, 0.25) is 11.8 Å². The molecular weight excluding hydrogens is 310 g/mol. The molecule has 7 heteroatoms. The third-order valence-corrected chi connectivity index (χ3v) is 5.13. The van der Waals surface area contributed by atoms with Crippen LogP contribution in [0.1, 0.15) is 45.4 Å². The second-order valence-corrected chi connectivity index (χ2v) is 6.93. The summed E-state index contributed by atoms with van der Waals surface area (Å²) in [6.07, 6.45) is 4.77. The summed E-state index contributed by atoms with van der Waals surface area (Å²) in [6.45, 7) is 4.07. The van der Waals surface area contributed by atoms with Gasteiger partial charge in [0.05, 0.1) is 6.61 Å². The summed E-state index contributed by atoms with van der Waals surface area (Å²) in [5.74, 6) is 0.284. The molecule has 0 spiro atoms. The van der Waals surface area contributed by atoms with Crippen LogP contribution in [-0.2, 0) is 14.3 Å². The fourth-order valence-corrected chi connectivity index (χ4v) is 3.59. The third-order valence-electron chi connectivity index (χ3n) is 5.13. The normalized spacial score (nSPS) is 24.8. The van der Waals surface area contributed by atoms with Crippen LogP contribution in [0.2, 0.25) is 0 Å². The Morgan fingerprint density at radius 2 is 1.75 bits per heavy atom. The molecule has 134 valence electrons. The molecule has 0 aromatic rings. The summed E-state index contributed by atoms with van der Waals surface area (Å²) in [5.41, 5.74) is 0. The summed E-state index contributed by atoms with van der Waals surface area (Å²) in [5, 5.41) is 3.08. The Hall–Kier alpha value is -1.79. The molecule has 24 heavy (non-hydrogen) atoms. The van der Waals surface area contributed by atoms with Crippen LogP contribution in [0.4, 0.5) is 4.79 Å². The molecule has 1 atom stereocenters. The van der Waals surface area contributed by atoms with Crippen molar-refractivity contribution in [3.05, 3.63) is 0 Å². The van der Waals surface area contributed by atoms with Crippen molar-refractivity contribution in [2.45, 2.75) is 57.5 Å². The van der Waals surface area contributed by atoms with Crippen LogP contribution in [0.3, 0.4) is 0 Å². The van der Waals surface area contributed by atoms with E-state index in [9.17, 15) is 14.4 Å². The van der Waals surface area contributed by atoms with Crippen molar-refractivity contribution in [3.8, 4) is 0 Å². The van der Waals surface area contributed by atoms with Crippen LogP contribution < -0.4 is 5.32 Å². The molecule has 3 amide bonds. The highest BCUT2D eigenvalue weighted by molar-refractivity contribution is 5.90. The molecule has 2 heterocycles. The zero-order valence-corrected chi connectivity index (χ0v) is 14.3. The van der Waals surface area contributed by atoms with Gasteiger partial charge >= 0.3 is 6.09 Å². The fraction of sp³-hybridized carbons (Fsp3) is 0.824. The van der Waals surface area contributed by atoms with Gasteiger partial charge in [-0.25, -0.2) is 4.79 Å². The smallest absolute Gasteiger partial charge is 0.409 e. The molecule has 0 unspecified atom stereocenters. The Kier molecular flexibility index (Phi) is 5.26. The van der Waals surface area contributed by atoms with Crippen LogP contribution in [-0.4, -0.2) is 66.0 Å². The van der Waals surface area contributed by atoms with Crippen molar-refractivity contribution in [3.63, 3.8) is 0 Å². The molecule has 0 aromatic carbocycles. The molecule has 1 N–H and O–H groups in total. The lowest BCUT2D eigenvalue weighted by Gasteiger charge is -2.33. The largest absolute Gasteiger partial charge is 0.450 e. The zero-order chi connectivity index (χ0) is 17.1. The summed E-state index contributed by atoms with van der Waals surface area (Å²) in [7, 11) is 0. The molecule has 3 aliphatic rings. The zero-order valence-electron chi connectivity index (χ0n) is 14.3. The van der Waals surface area contributed by atoms with E-state index in [0.717, 1.165) is 38.5 Å². The predicted molar refractivity (Wildman–Crippen MR) is 87.2 cm³/mol. The second kappa shape index (κ2) is 7.40. The first-order valence-corrected chi connectivity index (χ1v) is 9.12. The fourth-order valence-electron chi connectivity index (χ4n) is 3.59. The Morgan fingerprint density at radius 3 is 2.38 bits per heavy atom. The lowest BCUT2D eigenvalue weighted by atomic mass is 10.0. The molecule has 3 rings (SSSR count). The highest BCUT2D eigenvalue weighted by Crippen LogP contribution is 2.33. The molecule has 2 saturated heterocycles. The molecule has 0 radical (unpaired) electrons. The van der Waals surface area contributed by atoms with Crippen molar-refractivity contribution < 1.29 is 19.1 Å². The van der Waals surface area contributed by atoms with Gasteiger partial charge in [0.15, 0.2) is 0 Å². The monoisotopic (exact) mass is 337 g/mol. The number of likely N-dealkylation sites (tertiary alicyclic amines) is 2. The second-order valence-electron chi connectivity index (χ2n) is 6.93. The minimum Gasteiger partial charge on any atom is -0.450 e. The Morgan fingerprint density at radius 1 is 1.04 bits per heavy atom. The van der Waals surface area contributed by atoms with E-state index in [1.165, 1.54) is 0 Å². The number of hydrogen-bond acceptors (Lipinski definition) is 4. The number of amides is 3. The first-order chi connectivity index (χ1) is 11.6. The molecule has 7 nitrogen and oxygen atoms in total. The summed E-state index contributed by atoms with van der Waals surface area (Å²) in [4.78, 5) is 40.0. The van der Waals surface area contributed by atoms with E-state index >= 15 is 0 Å². The van der Waals surface area contributed by atoms with Crippen LogP contribution in [0.25, 0.3) is 0 Å². The van der Waals surface area contributed by atoms with Crippen LogP contribution in [0.5, 0.6) is 0 Å². The number of piperidine rings is 1. The maximum absolute atomic E-state index is 12.6. The molecule has 2 aliphatic heterocycles. The van der Waals surface area contributed by atoms with Crippen LogP contribution >= 0.6 is 0 Å². The topological polar surface area (TPSA) is 79.0 Å². The minimum atomic E-state index is -0.304. The number of carbonyl (C=O) groups excluding carboxylic acids is 3. The van der Waals surface area contributed by atoms with Crippen LogP contribution in [0, 0.1) is 5.92 Å². The molecule has 0 bridgehead atoms. The van der Waals surface area contributed by atoms with Crippen molar-refractivity contribution in [2.24, 2.45) is 5.92 Å². The Balaban J connectivity index is 1.47. The standard InChI is InChI=1S/C17H27N3O4/c1-2-24-17(23)19-10-7-13(8-11-19)18-15(21)14-4-3-9-20(14)16(22)12-5-6-12/h12-14H,2-11H2,1H3,(H,18,21)/t14-/m1/s1. The maximum atomic E-state index is 12.6. The number of carbonyl (C=O) groups is 3. The minimum absolute atomic E-state index is 0.0314. The first kappa shape index (κ1) is 17.0. The van der Waals surface area contributed by atoms with Crippen molar-refractivity contribution >= 4 is 17.9 Å². The first-order valence-electron chi connectivity index (χ1n) is 9.12. The van der Waals surface area contributed by atoms with Gasteiger partial charge in [-0.3, -0.25) is 9.59 Å². The SMILES string of the molecule is CCOC(=O)N1CCC(NC(=O)[C@H]2CCCN2C(=O)C2CC2)CC1. The number of ether oxygens (including phenoxy) is 1.